The van der Waals surface area contributed by atoms with E-state index >= 15 is 0 Å². The van der Waals surface area contributed by atoms with E-state index in [0.29, 0.717) is 16.5 Å². The van der Waals surface area contributed by atoms with Gasteiger partial charge in [-0.05, 0) is 12.1 Å². The quantitative estimate of drug-likeness (QED) is 0.822. The molecule has 0 aliphatic rings. The number of para-hydroxylation sites is 1. The monoisotopic (exact) mass is 268 g/mol. The number of carbonyl (C=O) groups is 2. The van der Waals surface area contributed by atoms with Gasteiger partial charge in [0.1, 0.15) is 6.04 Å². The van der Waals surface area contributed by atoms with Gasteiger partial charge in [-0.2, -0.15) is 0 Å². The molecular weight excluding hydrogens is 256 g/mol. The zero-order valence-electron chi connectivity index (χ0n) is 10.5. The predicted molar refractivity (Wildman–Crippen MR) is 74.1 cm³/mol. The van der Waals surface area contributed by atoms with E-state index in [1.807, 2.05) is 6.07 Å². The summed E-state index contributed by atoms with van der Waals surface area (Å²) in [5.41, 5.74) is 1.04. The van der Waals surface area contributed by atoms with Crippen molar-refractivity contribution in [3.05, 3.63) is 42.1 Å². The van der Waals surface area contributed by atoms with Crippen LogP contribution in [0.3, 0.4) is 0 Å². The fourth-order valence-electron chi connectivity index (χ4n) is 1.85. The summed E-state index contributed by atoms with van der Waals surface area (Å²) in [7, 11) is 0. The molecule has 0 fully saturated rings. The number of aliphatic carboxylic acids is 1. The molecule has 1 amide bonds. The van der Waals surface area contributed by atoms with Crippen LogP contribution < -0.4 is 5.32 Å². The minimum atomic E-state index is -1.16. The van der Waals surface area contributed by atoms with Gasteiger partial charge in [-0.3, -0.25) is 9.78 Å². The summed E-state index contributed by atoms with van der Waals surface area (Å²) in [6, 6.07) is 7.59. The Labute approximate surface area is 115 Å². The molecule has 0 saturated heterocycles. The van der Waals surface area contributed by atoms with E-state index < -0.39 is 17.9 Å². The molecule has 2 rings (SSSR count). The van der Waals surface area contributed by atoms with Gasteiger partial charge in [-0.1, -0.05) is 18.2 Å². The van der Waals surface area contributed by atoms with Gasteiger partial charge in [0.15, 0.2) is 0 Å². The number of fused-ring (bicyclic) bond motifs is 1. The topological polar surface area (TPSA) is 79.3 Å². The number of nitrogens with one attached hydrogen (secondary N) is 1. The molecule has 0 spiro atoms. The van der Waals surface area contributed by atoms with Crippen molar-refractivity contribution in [3.8, 4) is 12.3 Å². The van der Waals surface area contributed by atoms with Gasteiger partial charge < -0.3 is 10.4 Å². The van der Waals surface area contributed by atoms with Crippen LogP contribution in [0.1, 0.15) is 16.8 Å². The second-order valence-corrected chi connectivity index (χ2v) is 4.15. The van der Waals surface area contributed by atoms with Crippen molar-refractivity contribution in [2.24, 2.45) is 0 Å². The standard InChI is InChI=1S/C15H12N2O3/c1-2-5-13(15(19)20)17-14(18)11-8-9-16-12-7-4-3-6-10(11)12/h1,3-4,6-9,13H,5H2,(H,17,18)(H,19,20)/t13-/m1/s1. The largest absolute Gasteiger partial charge is 0.480 e. The number of amides is 1. The summed E-state index contributed by atoms with van der Waals surface area (Å²) in [5.74, 6) is 0.597. The number of terminal acetylenes is 1. The fraction of sp³-hybridized carbons (Fsp3) is 0.133. The second kappa shape index (κ2) is 5.85. The smallest absolute Gasteiger partial charge is 0.327 e. The maximum atomic E-state index is 12.2. The summed E-state index contributed by atoms with van der Waals surface area (Å²) in [4.78, 5) is 27.3. The van der Waals surface area contributed by atoms with Crippen molar-refractivity contribution in [3.63, 3.8) is 0 Å². The molecule has 2 aromatic rings. The molecule has 1 aromatic heterocycles. The highest BCUT2D eigenvalue weighted by Gasteiger charge is 2.20. The summed E-state index contributed by atoms with van der Waals surface area (Å²) < 4.78 is 0. The number of carbonyl (C=O) groups excluding carboxylic acids is 1. The van der Waals surface area contributed by atoms with Crippen LogP contribution in [0.2, 0.25) is 0 Å². The molecule has 100 valence electrons. The predicted octanol–water partition coefficient (Wildman–Crippen LogP) is 1.44. The first-order valence-electron chi connectivity index (χ1n) is 5.94. The summed E-state index contributed by atoms with van der Waals surface area (Å²) in [6.45, 7) is 0. The lowest BCUT2D eigenvalue weighted by Crippen LogP contribution is -2.40. The number of nitrogens with zero attached hydrogens (tertiary/aromatic N) is 1. The highest BCUT2D eigenvalue weighted by molar-refractivity contribution is 6.06. The number of aromatic nitrogens is 1. The van der Waals surface area contributed by atoms with E-state index in [1.54, 1.807) is 24.3 Å². The van der Waals surface area contributed by atoms with Gasteiger partial charge >= 0.3 is 5.97 Å². The van der Waals surface area contributed by atoms with Crippen molar-refractivity contribution < 1.29 is 14.7 Å². The first-order valence-corrected chi connectivity index (χ1v) is 5.94. The average Bonchev–Trinajstić information content (AvgIpc) is 2.46. The lowest BCUT2D eigenvalue weighted by molar-refractivity contribution is -0.139. The molecule has 0 unspecified atom stereocenters. The molecule has 20 heavy (non-hydrogen) atoms. The fourth-order valence-corrected chi connectivity index (χ4v) is 1.85. The van der Waals surface area contributed by atoms with E-state index in [2.05, 4.69) is 16.2 Å². The van der Waals surface area contributed by atoms with Crippen LogP contribution in [0.25, 0.3) is 10.9 Å². The number of benzene rings is 1. The number of rotatable bonds is 4. The van der Waals surface area contributed by atoms with Crippen LogP contribution in [0.15, 0.2) is 36.5 Å². The Kier molecular flexibility index (Phi) is 3.96. The van der Waals surface area contributed by atoms with Gasteiger partial charge in [-0.15, -0.1) is 12.3 Å². The Morgan fingerprint density at radius 2 is 2.10 bits per heavy atom. The number of carboxylic acids is 1. The van der Waals surface area contributed by atoms with Crippen molar-refractivity contribution in [1.82, 2.24) is 10.3 Å². The Bertz CT molecular complexity index is 698. The van der Waals surface area contributed by atoms with Gasteiger partial charge in [-0.25, -0.2) is 4.79 Å². The maximum absolute atomic E-state index is 12.2. The highest BCUT2D eigenvalue weighted by Crippen LogP contribution is 2.16. The Morgan fingerprint density at radius 1 is 1.35 bits per heavy atom. The van der Waals surface area contributed by atoms with E-state index in [9.17, 15) is 9.59 Å². The molecule has 0 saturated carbocycles. The minimum Gasteiger partial charge on any atom is -0.480 e. The van der Waals surface area contributed by atoms with E-state index in [1.165, 1.54) is 6.20 Å². The third-order valence-electron chi connectivity index (χ3n) is 2.82. The third-order valence-corrected chi connectivity index (χ3v) is 2.82. The second-order valence-electron chi connectivity index (χ2n) is 4.15. The molecular formula is C15H12N2O3. The number of carboxylic acid groups (broad SMARTS) is 1. The van der Waals surface area contributed by atoms with Crippen LogP contribution in [0.4, 0.5) is 0 Å². The van der Waals surface area contributed by atoms with Gasteiger partial charge in [0.05, 0.1) is 11.1 Å². The normalized spacial score (nSPS) is 11.6. The molecule has 1 aromatic carbocycles. The highest BCUT2D eigenvalue weighted by atomic mass is 16.4. The van der Waals surface area contributed by atoms with Crippen molar-refractivity contribution >= 4 is 22.8 Å². The molecule has 1 heterocycles. The minimum absolute atomic E-state index is 0.0654. The summed E-state index contributed by atoms with van der Waals surface area (Å²) >= 11 is 0. The lowest BCUT2D eigenvalue weighted by Gasteiger charge is -2.12. The SMILES string of the molecule is C#CC[C@@H](NC(=O)c1ccnc2ccccc12)C(=O)O. The van der Waals surface area contributed by atoms with Crippen LogP contribution in [0, 0.1) is 12.3 Å². The Hall–Kier alpha value is -2.87. The first kappa shape index (κ1) is 13.6. The Balaban J connectivity index is 2.32. The number of hydrogen-bond acceptors (Lipinski definition) is 3. The maximum Gasteiger partial charge on any atom is 0.327 e. The number of hydrogen-bond donors (Lipinski definition) is 2. The van der Waals surface area contributed by atoms with Crippen molar-refractivity contribution in [1.29, 1.82) is 0 Å². The van der Waals surface area contributed by atoms with Gasteiger partial charge in [0.2, 0.25) is 0 Å². The molecule has 0 radical (unpaired) electrons. The zero-order chi connectivity index (χ0) is 14.5. The van der Waals surface area contributed by atoms with Crippen molar-refractivity contribution in [2.75, 3.05) is 0 Å². The van der Waals surface area contributed by atoms with Gasteiger partial charge in [0.25, 0.3) is 5.91 Å². The number of pyridine rings is 1. The zero-order valence-corrected chi connectivity index (χ0v) is 10.5. The van der Waals surface area contributed by atoms with Crippen molar-refractivity contribution in [2.45, 2.75) is 12.5 Å². The van der Waals surface area contributed by atoms with Crippen LogP contribution >= 0.6 is 0 Å². The summed E-state index contributed by atoms with van der Waals surface area (Å²) in [6.07, 6.45) is 6.54. The average molecular weight is 268 g/mol. The van der Waals surface area contributed by atoms with Crippen LogP contribution in [-0.4, -0.2) is 28.0 Å². The molecule has 1 atom stereocenters. The molecule has 0 aliphatic heterocycles. The molecule has 0 aliphatic carbocycles. The first-order chi connectivity index (χ1) is 9.63. The van der Waals surface area contributed by atoms with E-state index in [0.717, 1.165) is 0 Å². The Morgan fingerprint density at radius 3 is 2.80 bits per heavy atom. The third kappa shape index (κ3) is 2.75. The molecule has 5 heteroatoms. The van der Waals surface area contributed by atoms with Crippen LogP contribution in [-0.2, 0) is 4.79 Å². The molecule has 5 nitrogen and oxygen atoms in total. The van der Waals surface area contributed by atoms with E-state index in [-0.39, 0.29) is 6.42 Å². The van der Waals surface area contributed by atoms with Gasteiger partial charge in [0, 0.05) is 18.0 Å². The molecule has 2 N–H and O–H groups in total. The van der Waals surface area contributed by atoms with Crippen LogP contribution in [0.5, 0.6) is 0 Å². The lowest BCUT2D eigenvalue weighted by atomic mass is 10.1. The molecule has 0 bridgehead atoms. The van der Waals surface area contributed by atoms with E-state index in [4.69, 9.17) is 11.5 Å². The summed E-state index contributed by atoms with van der Waals surface area (Å²) in [5, 5.41) is 12.1.